The van der Waals surface area contributed by atoms with E-state index in [1.807, 2.05) is 0 Å². The van der Waals surface area contributed by atoms with Crippen LogP contribution in [0.4, 0.5) is 0 Å². The first-order valence-electron chi connectivity index (χ1n) is 6.25. The van der Waals surface area contributed by atoms with Gasteiger partial charge >= 0.3 is 142 Å². The molecule has 3 heteroatoms. The van der Waals surface area contributed by atoms with Gasteiger partial charge in [-0.1, -0.05) is 0 Å². The van der Waals surface area contributed by atoms with Crippen LogP contribution in [0.15, 0.2) is 54.6 Å². The van der Waals surface area contributed by atoms with Crippen molar-refractivity contribution in [2.24, 2.45) is 0 Å². The van der Waals surface area contributed by atoms with Crippen LogP contribution in [-0.2, 0) is 0 Å². The Kier molecular flexibility index (Phi) is 4.11. The molecule has 3 rings (SSSR count). The van der Waals surface area contributed by atoms with E-state index in [0.29, 0.717) is 5.92 Å². The van der Waals surface area contributed by atoms with Crippen molar-refractivity contribution in [2.75, 3.05) is 0 Å². The summed E-state index contributed by atoms with van der Waals surface area (Å²) in [4.78, 5) is 0. The van der Waals surface area contributed by atoms with Crippen molar-refractivity contribution in [3.8, 4) is 0 Å². The molecule has 0 aliphatic heterocycles. The molecule has 0 radical (unpaired) electrons. The van der Waals surface area contributed by atoms with Gasteiger partial charge in [0.1, 0.15) is 0 Å². The van der Waals surface area contributed by atoms with Gasteiger partial charge in [-0.15, -0.1) is 0 Å². The summed E-state index contributed by atoms with van der Waals surface area (Å²) in [7, 11) is 0. The zero-order chi connectivity index (χ0) is 13.5. The summed E-state index contributed by atoms with van der Waals surface area (Å²) in [5, 5.41) is 0. The Labute approximate surface area is 141 Å². The molecule has 0 aromatic heterocycles. The van der Waals surface area contributed by atoms with Gasteiger partial charge in [-0.3, -0.25) is 0 Å². The number of hydrogen-bond donors (Lipinski definition) is 0. The Morgan fingerprint density at radius 2 is 1.58 bits per heavy atom. The number of benzene rings is 2. The van der Waals surface area contributed by atoms with E-state index in [4.69, 9.17) is 0 Å². The molecule has 1 aliphatic rings. The molecule has 0 heterocycles. The SMILES string of the molecule is Cc1ccc([Te]C2C(c3ccccc3)C2(Br)Br)cc1. The Hall–Kier alpha value is 0.190. The average molecular weight is 494 g/mol. The van der Waals surface area contributed by atoms with Crippen molar-refractivity contribution in [3.05, 3.63) is 65.7 Å². The van der Waals surface area contributed by atoms with Gasteiger partial charge in [-0.25, -0.2) is 0 Å². The molecule has 1 fully saturated rings. The van der Waals surface area contributed by atoms with Crippen molar-refractivity contribution in [2.45, 2.75) is 20.0 Å². The van der Waals surface area contributed by atoms with E-state index in [1.165, 1.54) is 11.1 Å². The molecule has 0 amide bonds. The zero-order valence-electron chi connectivity index (χ0n) is 10.5. The fraction of sp³-hybridized carbons (Fsp3) is 0.250. The van der Waals surface area contributed by atoms with Gasteiger partial charge in [0.05, 0.1) is 0 Å². The van der Waals surface area contributed by atoms with E-state index >= 15 is 0 Å². The van der Waals surface area contributed by atoms with Crippen molar-refractivity contribution < 1.29 is 0 Å². The molecule has 2 aromatic rings. The predicted molar refractivity (Wildman–Crippen MR) is 90.1 cm³/mol. The molecule has 0 bridgehead atoms. The normalized spacial score (nSPS) is 24.2. The summed E-state index contributed by atoms with van der Waals surface area (Å²) in [6, 6.07) is 19.9. The summed E-state index contributed by atoms with van der Waals surface area (Å²) < 4.78 is 2.40. The second-order valence-electron chi connectivity index (χ2n) is 4.91. The summed E-state index contributed by atoms with van der Waals surface area (Å²) >= 11 is 7.57. The predicted octanol–water partition coefficient (Wildman–Crippen LogP) is 4.40. The first-order valence-corrected chi connectivity index (χ1v) is 10.3. The van der Waals surface area contributed by atoms with Gasteiger partial charge in [0.25, 0.3) is 0 Å². The van der Waals surface area contributed by atoms with Crippen LogP contribution in [-0.4, -0.2) is 24.2 Å². The third kappa shape index (κ3) is 2.95. The summed E-state index contributed by atoms with van der Waals surface area (Å²) in [5.74, 6) is 0.609. The zero-order valence-corrected chi connectivity index (χ0v) is 16.0. The van der Waals surface area contributed by atoms with Crippen molar-refractivity contribution in [3.63, 3.8) is 0 Å². The van der Waals surface area contributed by atoms with Crippen molar-refractivity contribution in [1.29, 1.82) is 0 Å². The molecule has 2 unspecified atom stereocenters. The molecule has 0 N–H and O–H groups in total. The molecule has 1 aliphatic carbocycles. The quantitative estimate of drug-likeness (QED) is 0.439. The molecule has 19 heavy (non-hydrogen) atoms. The fourth-order valence-corrected chi connectivity index (χ4v) is 9.70. The first-order chi connectivity index (χ1) is 9.09. The topological polar surface area (TPSA) is 0 Å². The number of hydrogen-bond acceptors (Lipinski definition) is 0. The van der Waals surface area contributed by atoms with Crippen molar-refractivity contribution >= 4 is 56.4 Å². The Balaban J connectivity index is 1.77. The van der Waals surface area contributed by atoms with E-state index in [-0.39, 0.29) is 24.2 Å². The number of alkyl halides is 2. The van der Waals surface area contributed by atoms with E-state index in [0.717, 1.165) is 3.97 Å². The average Bonchev–Trinajstić information content (AvgIpc) is 2.95. The van der Waals surface area contributed by atoms with E-state index < -0.39 is 0 Å². The van der Waals surface area contributed by atoms with Gasteiger partial charge in [-0.2, -0.15) is 0 Å². The molecule has 2 atom stereocenters. The molecule has 0 nitrogen and oxygen atoms in total. The van der Waals surface area contributed by atoms with Gasteiger partial charge in [0.2, 0.25) is 0 Å². The number of rotatable bonds is 3. The van der Waals surface area contributed by atoms with Crippen LogP contribution in [0.2, 0.25) is 3.97 Å². The fourth-order valence-electron chi connectivity index (χ4n) is 2.27. The maximum atomic E-state index is 3.88. The minimum absolute atomic E-state index is 0.120. The van der Waals surface area contributed by atoms with Crippen LogP contribution in [0.1, 0.15) is 17.0 Å². The standard InChI is InChI=1S/C16H14Br2Te/c1-11-7-9-13(10-8-11)19-15-14(16(15,17)18)12-5-3-2-4-6-12/h2-10,14-15H,1H3. The van der Waals surface area contributed by atoms with Gasteiger partial charge < -0.3 is 0 Å². The van der Waals surface area contributed by atoms with Gasteiger partial charge in [0.15, 0.2) is 0 Å². The molecular formula is C16H14Br2Te. The van der Waals surface area contributed by atoms with Crippen molar-refractivity contribution in [1.82, 2.24) is 0 Å². The van der Waals surface area contributed by atoms with Gasteiger partial charge in [-0.05, 0) is 0 Å². The third-order valence-corrected chi connectivity index (χ3v) is 11.4. The van der Waals surface area contributed by atoms with Crippen LogP contribution in [0, 0.1) is 6.92 Å². The monoisotopic (exact) mass is 494 g/mol. The third-order valence-electron chi connectivity index (χ3n) is 3.43. The Morgan fingerprint density at radius 3 is 2.21 bits per heavy atom. The molecule has 98 valence electrons. The van der Waals surface area contributed by atoms with E-state index in [9.17, 15) is 0 Å². The first kappa shape index (κ1) is 14.1. The summed E-state index contributed by atoms with van der Waals surface area (Å²) in [6.07, 6.45) is 0. The minimum atomic E-state index is -0.182. The molecule has 0 spiro atoms. The summed E-state index contributed by atoms with van der Waals surface area (Å²) in [5.41, 5.74) is 2.79. The second-order valence-corrected chi connectivity index (χ2v) is 12.1. The second kappa shape index (κ2) is 5.53. The Bertz CT molecular complexity index is 563. The molecule has 0 saturated heterocycles. The Morgan fingerprint density at radius 1 is 0.947 bits per heavy atom. The van der Waals surface area contributed by atoms with Gasteiger partial charge in [0, 0.05) is 0 Å². The summed E-state index contributed by atoms with van der Waals surface area (Å²) in [6.45, 7) is 2.15. The molecule has 2 aromatic carbocycles. The van der Waals surface area contributed by atoms with Crippen LogP contribution in [0.5, 0.6) is 0 Å². The van der Waals surface area contributed by atoms with Crippen LogP contribution < -0.4 is 3.61 Å². The molecule has 1 saturated carbocycles. The van der Waals surface area contributed by atoms with Crippen LogP contribution in [0.3, 0.4) is 0 Å². The number of aryl methyl sites for hydroxylation is 1. The molecular weight excluding hydrogens is 480 g/mol. The van der Waals surface area contributed by atoms with E-state index in [2.05, 4.69) is 93.4 Å². The maximum absolute atomic E-state index is 3.88. The van der Waals surface area contributed by atoms with Crippen LogP contribution >= 0.6 is 31.9 Å². The van der Waals surface area contributed by atoms with Crippen LogP contribution in [0.25, 0.3) is 0 Å². The number of halogens is 2. The van der Waals surface area contributed by atoms with E-state index in [1.54, 1.807) is 3.61 Å².